The monoisotopic (exact) mass is 409 g/mol. The van der Waals surface area contributed by atoms with E-state index in [-0.39, 0.29) is 18.1 Å². The molecule has 0 bridgehead atoms. The standard InChI is InChI=1S/C22H20FN3O4/c1-2-29-22-12-16(14-24-25-18-7-5-8-19(13-18)26(27)28)10-11-21(22)30-15-17-6-3-4-9-20(17)23/h3-14,25H,2,15H2,1H3. The van der Waals surface area contributed by atoms with Gasteiger partial charge in [0, 0.05) is 17.7 Å². The molecule has 7 nitrogen and oxygen atoms in total. The van der Waals surface area contributed by atoms with Crippen molar-refractivity contribution >= 4 is 17.6 Å². The van der Waals surface area contributed by atoms with Crippen LogP contribution in [0.3, 0.4) is 0 Å². The van der Waals surface area contributed by atoms with Gasteiger partial charge in [0.25, 0.3) is 5.69 Å². The van der Waals surface area contributed by atoms with Crippen LogP contribution in [0.15, 0.2) is 71.8 Å². The molecule has 0 spiro atoms. The fraction of sp³-hybridized carbons (Fsp3) is 0.136. The number of hydrogen-bond donors (Lipinski definition) is 1. The van der Waals surface area contributed by atoms with Gasteiger partial charge < -0.3 is 9.47 Å². The number of ether oxygens (including phenoxy) is 2. The van der Waals surface area contributed by atoms with Gasteiger partial charge in [-0.2, -0.15) is 5.10 Å². The summed E-state index contributed by atoms with van der Waals surface area (Å²) in [6.07, 6.45) is 1.56. The number of hydrazone groups is 1. The normalized spacial score (nSPS) is 10.7. The summed E-state index contributed by atoms with van der Waals surface area (Å²) in [7, 11) is 0. The average molecular weight is 409 g/mol. The molecule has 0 aliphatic carbocycles. The van der Waals surface area contributed by atoms with Gasteiger partial charge in [-0.15, -0.1) is 0 Å². The van der Waals surface area contributed by atoms with Crippen molar-refractivity contribution in [3.63, 3.8) is 0 Å². The maximum absolute atomic E-state index is 13.8. The van der Waals surface area contributed by atoms with Crippen molar-refractivity contribution in [2.45, 2.75) is 13.5 Å². The van der Waals surface area contributed by atoms with Gasteiger partial charge in [0.05, 0.1) is 23.4 Å². The summed E-state index contributed by atoms with van der Waals surface area (Å²) in [5.74, 6) is 0.670. The van der Waals surface area contributed by atoms with Gasteiger partial charge in [0.1, 0.15) is 12.4 Å². The first-order valence-corrected chi connectivity index (χ1v) is 9.23. The van der Waals surface area contributed by atoms with Crippen LogP contribution < -0.4 is 14.9 Å². The number of rotatable bonds is 9. The molecule has 8 heteroatoms. The Morgan fingerprint density at radius 1 is 1.07 bits per heavy atom. The smallest absolute Gasteiger partial charge is 0.271 e. The van der Waals surface area contributed by atoms with E-state index in [1.165, 1.54) is 18.2 Å². The first kappa shape index (κ1) is 20.8. The van der Waals surface area contributed by atoms with Crippen LogP contribution in [0.25, 0.3) is 0 Å². The molecule has 0 unspecified atom stereocenters. The summed E-state index contributed by atoms with van der Waals surface area (Å²) in [4.78, 5) is 10.4. The maximum Gasteiger partial charge on any atom is 0.271 e. The molecule has 0 radical (unpaired) electrons. The molecule has 0 saturated carbocycles. The Hall–Kier alpha value is -3.94. The molecule has 30 heavy (non-hydrogen) atoms. The summed E-state index contributed by atoms with van der Waals surface area (Å²) in [6, 6.07) is 17.7. The number of benzene rings is 3. The van der Waals surface area contributed by atoms with Gasteiger partial charge in [-0.1, -0.05) is 24.3 Å². The second kappa shape index (κ2) is 10.0. The van der Waals surface area contributed by atoms with Crippen molar-refractivity contribution in [2.75, 3.05) is 12.0 Å². The van der Waals surface area contributed by atoms with Crippen molar-refractivity contribution in [3.8, 4) is 11.5 Å². The number of halogens is 1. The van der Waals surface area contributed by atoms with Crippen LogP contribution in [0.1, 0.15) is 18.1 Å². The fourth-order valence-corrected chi connectivity index (χ4v) is 2.63. The van der Waals surface area contributed by atoms with Gasteiger partial charge in [-0.3, -0.25) is 15.5 Å². The van der Waals surface area contributed by atoms with E-state index in [1.807, 2.05) is 6.92 Å². The van der Waals surface area contributed by atoms with Gasteiger partial charge in [-0.25, -0.2) is 4.39 Å². The van der Waals surface area contributed by atoms with E-state index in [2.05, 4.69) is 10.5 Å². The van der Waals surface area contributed by atoms with E-state index >= 15 is 0 Å². The summed E-state index contributed by atoms with van der Waals surface area (Å²) < 4.78 is 25.1. The molecule has 154 valence electrons. The molecular weight excluding hydrogens is 389 g/mol. The third-order valence-electron chi connectivity index (χ3n) is 4.07. The Balaban J connectivity index is 1.69. The number of non-ortho nitro benzene ring substituents is 1. The lowest BCUT2D eigenvalue weighted by atomic mass is 10.2. The summed E-state index contributed by atoms with van der Waals surface area (Å²) in [5.41, 5.74) is 4.41. The second-order valence-corrected chi connectivity index (χ2v) is 6.20. The average Bonchev–Trinajstić information content (AvgIpc) is 2.74. The zero-order valence-corrected chi connectivity index (χ0v) is 16.2. The van der Waals surface area contributed by atoms with Crippen molar-refractivity contribution in [2.24, 2.45) is 5.10 Å². The van der Waals surface area contributed by atoms with Crippen LogP contribution in [-0.2, 0) is 6.61 Å². The predicted molar refractivity (Wildman–Crippen MR) is 113 cm³/mol. The SMILES string of the molecule is CCOc1cc(C=NNc2cccc([N+](=O)[O-])c2)ccc1OCc1ccccc1F. The molecular formula is C22H20FN3O4. The van der Waals surface area contributed by atoms with Crippen LogP contribution in [0.2, 0.25) is 0 Å². The van der Waals surface area contributed by atoms with Crippen molar-refractivity contribution in [1.82, 2.24) is 0 Å². The minimum Gasteiger partial charge on any atom is -0.490 e. The van der Waals surface area contributed by atoms with E-state index in [9.17, 15) is 14.5 Å². The number of nitrogens with one attached hydrogen (secondary N) is 1. The minimum atomic E-state index is -0.469. The zero-order valence-electron chi connectivity index (χ0n) is 16.2. The lowest BCUT2D eigenvalue weighted by Gasteiger charge is -2.13. The Morgan fingerprint density at radius 3 is 2.67 bits per heavy atom. The number of nitro groups is 1. The summed E-state index contributed by atoms with van der Waals surface area (Å²) >= 11 is 0. The van der Waals surface area contributed by atoms with Gasteiger partial charge in [-0.05, 0) is 42.8 Å². The first-order valence-electron chi connectivity index (χ1n) is 9.23. The van der Waals surface area contributed by atoms with E-state index in [0.29, 0.717) is 29.4 Å². The molecule has 0 atom stereocenters. The molecule has 1 N–H and O–H groups in total. The Labute approximate surface area is 172 Å². The molecule has 0 aliphatic rings. The highest BCUT2D eigenvalue weighted by Crippen LogP contribution is 2.29. The highest BCUT2D eigenvalue weighted by atomic mass is 19.1. The highest BCUT2D eigenvalue weighted by molar-refractivity contribution is 5.81. The number of nitro benzene ring substituents is 1. The third-order valence-corrected chi connectivity index (χ3v) is 4.07. The largest absolute Gasteiger partial charge is 0.490 e. The van der Waals surface area contributed by atoms with E-state index in [0.717, 1.165) is 5.56 Å². The van der Waals surface area contributed by atoms with Gasteiger partial charge >= 0.3 is 0 Å². The number of anilines is 1. The Kier molecular flexibility index (Phi) is 6.94. The predicted octanol–water partition coefficient (Wildman–Crippen LogP) is 5.16. The van der Waals surface area contributed by atoms with E-state index in [1.54, 1.807) is 54.7 Å². The molecule has 0 heterocycles. The van der Waals surface area contributed by atoms with Crippen LogP contribution in [0.5, 0.6) is 11.5 Å². The highest BCUT2D eigenvalue weighted by Gasteiger charge is 2.09. The van der Waals surface area contributed by atoms with Crippen LogP contribution in [-0.4, -0.2) is 17.7 Å². The van der Waals surface area contributed by atoms with Crippen molar-refractivity contribution < 1.29 is 18.8 Å². The van der Waals surface area contributed by atoms with Crippen LogP contribution >= 0.6 is 0 Å². The molecule has 0 aliphatic heterocycles. The quantitative estimate of drug-likeness (QED) is 0.300. The molecule has 0 saturated heterocycles. The van der Waals surface area contributed by atoms with Crippen molar-refractivity contribution in [3.05, 3.63) is 93.8 Å². The Bertz CT molecular complexity index is 1060. The third kappa shape index (κ3) is 5.54. The topological polar surface area (TPSA) is 86.0 Å². The molecule has 0 aromatic heterocycles. The zero-order chi connectivity index (χ0) is 21.3. The van der Waals surface area contributed by atoms with Gasteiger partial charge in [0.2, 0.25) is 0 Å². The molecule has 0 amide bonds. The number of nitrogens with zero attached hydrogens (tertiary/aromatic N) is 2. The lowest BCUT2D eigenvalue weighted by Crippen LogP contribution is -2.02. The van der Waals surface area contributed by atoms with E-state index in [4.69, 9.17) is 9.47 Å². The minimum absolute atomic E-state index is 0.0230. The first-order chi connectivity index (χ1) is 14.6. The summed E-state index contributed by atoms with van der Waals surface area (Å²) in [5, 5.41) is 14.9. The molecule has 3 rings (SSSR count). The van der Waals surface area contributed by atoms with Crippen LogP contribution in [0, 0.1) is 15.9 Å². The summed E-state index contributed by atoms with van der Waals surface area (Å²) in [6.45, 7) is 2.36. The lowest BCUT2D eigenvalue weighted by molar-refractivity contribution is -0.384. The van der Waals surface area contributed by atoms with Gasteiger partial charge in [0.15, 0.2) is 11.5 Å². The van der Waals surface area contributed by atoms with E-state index < -0.39 is 4.92 Å². The molecule has 0 fully saturated rings. The second-order valence-electron chi connectivity index (χ2n) is 6.20. The number of hydrogen-bond acceptors (Lipinski definition) is 6. The molecule has 3 aromatic rings. The fourth-order valence-electron chi connectivity index (χ4n) is 2.63. The Morgan fingerprint density at radius 2 is 1.90 bits per heavy atom. The maximum atomic E-state index is 13.8. The van der Waals surface area contributed by atoms with Crippen molar-refractivity contribution in [1.29, 1.82) is 0 Å². The molecule has 3 aromatic carbocycles. The van der Waals surface area contributed by atoms with Crippen LogP contribution in [0.4, 0.5) is 15.8 Å².